The highest BCUT2D eigenvalue weighted by Crippen LogP contribution is 2.27. The number of rotatable bonds is 4. The Morgan fingerprint density at radius 2 is 2.37 bits per heavy atom. The van der Waals surface area contributed by atoms with Crippen LogP contribution in [0.2, 0.25) is 0 Å². The second-order valence-electron chi connectivity index (χ2n) is 4.80. The Morgan fingerprint density at radius 1 is 1.58 bits per heavy atom. The molecular weight excluding hydrogens is 247 g/mol. The molecule has 1 aliphatic rings. The van der Waals surface area contributed by atoms with Gasteiger partial charge in [0.15, 0.2) is 0 Å². The van der Waals surface area contributed by atoms with Crippen LogP contribution in [0.25, 0.3) is 0 Å². The van der Waals surface area contributed by atoms with Crippen molar-refractivity contribution >= 4 is 11.6 Å². The molecule has 0 fully saturated rings. The Morgan fingerprint density at radius 3 is 3.05 bits per heavy atom. The van der Waals surface area contributed by atoms with Crippen LogP contribution < -0.4 is 5.32 Å². The summed E-state index contributed by atoms with van der Waals surface area (Å²) in [6.45, 7) is 4.27. The van der Waals surface area contributed by atoms with Gasteiger partial charge >= 0.3 is 0 Å². The molecule has 4 nitrogen and oxygen atoms in total. The van der Waals surface area contributed by atoms with Gasteiger partial charge in [0.2, 0.25) is 5.60 Å². The quantitative estimate of drug-likeness (QED) is 0.906. The highest BCUT2D eigenvalue weighted by Gasteiger charge is 2.41. The minimum atomic E-state index is -1.00. The van der Waals surface area contributed by atoms with Gasteiger partial charge in [-0.1, -0.05) is 24.2 Å². The van der Waals surface area contributed by atoms with Gasteiger partial charge in [0, 0.05) is 18.5 Å². The van der Waals surface area contributed by atoms with Crippen molar-refractivity contribution in [1.29, 1.82) is 0 Å². The van der Waals surface area contributed by atoms with Gasteiger partial charge in [-0.05, 0) is 25.5 Å². The molecule has 0 saturated carbocycles. The average Bonchev–Trinajstić information content (AvgIpc) is 2.80. The van der Waals surface area contributed by atoms with Crippen LogP contribution in [-0.4, -0.2) is 23.8 Å². The number of nitrogens with zero attached hydrogens (tertiary/aromatic N) is 1. The van der Waals surface area contributed by atoms with Crippen LogP contribution in [0.1, 0.15) is 32.3 Å². The number of oxime groups is 1. The third-order valence-electron chi connectivity index (χ3n) is 3.04. The Bertz CT molecular complexity index is 516. The summed E-state index contributed by atoms with van der Waals surface area (Å²) >= 11 is 0. The van der Waals surface area contributed by atoms with Crippen LogP contribution in [0.3, 0.4) is 0 Å². The monoisotopic (exact) mass is 264 g/mol. The van der Waals surface area contributed by atoms with Gasteiger partial charge in [0.25, 0.3) is 5.91 Å². The van der Waals surface area contributed by atoms with Crippen molar-refractivity contribution in [3.63, 3.8) is 0 Å². The fourth-order valence-electron chi connectivity index (χ4n) is 1.91. The summed E-state index contributed by atoms with van der Waals surface area (Å²) in [7, 11) is 0. The molecule has 0 bridgehead atoms. The third kappa shape index (κ3) is 2.92. The van der Waals surface area contributed by atoms with E-state index in [4.69, 9.17) is 4.84 Å². The van der Waals surface area contributed by atoms with Crippen LogP contribution in [-0.2, 0) is 9.63 Å². The number of hydrogen-bond acceptors (Lipinski definition) is 3. The minimum absolute atomic E-state index is 0.190. The van der Waals surface area contributed by atoms with E-state index in [1.54, 1.807) is 19.1 Å². The fourth-order valence-corrected chi connectivity index (χ4v) is 1.91. The molecular formula is C14H17FN2O2. The van der Waals surface area contributed by atoms with Gasteiger partial charge in [-0.15, -0.1) is 0 Å². The first-order chi connectivity index (χ1) is 9.05. The van der Waals surface area contributed by atoms with Crippen LogP contribution in [0, 0.1) is 5.82 Å². The summed E-state index contributed by atoms with van der Waals surface area (Å²) in [5, 5.41) is 6.71. The van der Waals surface area contributed by atoms with E-state index in [-0.39, 0.29) is 11.7 Å². The zero-order valence-electron chi connectivity index (χ0n) is 11.1. The molecule has 0 spiro atoms. The maximum absolute atomic E-state index is 13.2. The second-order valence-corrected chi connectivity index (χ2v) is 4.80. The number of amides is 1. The van der Waals surface area contributed by atoms with Crippen LogP contribution in [0.5, 0.6) is 0 Å². The number of nitrogens with one attached hydrogen (secondary N) is 1. The van der Waals surface area contributed by atoms with Crippen molar-refractivity contribution in [3.8, 4) is 0 Å². The van der Waals surface area contributed by atoms with Crippen LogP contribution >= 0.6 is 0 Å². The van der Waals surface area contributed by atoms with E-state index >= 15 is 0 Å². The molecule has 19 heavy (non-hydrogen) atoms. The number of benzene rings is 1. The lowest BCUT2D eigenvalue weighted by Gasteiger charge is -2.20. The lowest BCUT2D eigenvalue weighted by molar-refractivity contribution is -0.141. The lowest BCUT2D eigenvalue weighted by Crippen LogP contribution is -2.45. The summed E-state index contributed by atoms with van der Waals surface area (Å²) in [6, 6.07) is 6.12. The fraction of sp³-hybridized carbons (Fsp3) is 0.429. The molecule has 1 aromatic rings. The number of carbonyl (C=O) groups is 1. The van der Waals surface area contributed by atoms with Crippen molar-refractivity contribution in [2.45, 2.75) is 32.3 Å². The Hall–Kier alpha value is -1.91. The predicted octanol–water partition coefficient (Wildman–Crippen LogP) is 2.24. The van der Waals surface area contributed by atoms with E-state index in [0.717, 1.165) is 6.42 Å². The standard InChI is InChI=1S/C14H17FN2O2/c1-3-7-16-13(18)14(2)9-12(17-19-14)10-5-4-6-11(15)8-10/h4-6,8H,3,7,9H2,1-2H3,(H,16,18)/t14-/m0/s1. The van der Waals surface area contributed by atoms with E-state index in [1.807, 2.05) is 6.92 Å². The van der Waals surface area contributed by atoms with Crippen molar-refractivity contribution in [2.24, 2.45) is 5.16 Å². The molecule has 1 aromatic carbocycles. The predicted molar refractivity (Wildman–Crippen MR) is 70.3 cm³/mol. The molecule has 0 saturated heterocycles. The zero-order chi connectivity index (χ0) is 13.9. The molecule has 0 radical (unpaired) electrons. The molecule has 1 N–H and O–H groups in total. The molecule has 0 aliphatic carbocycles. The van der Waals surface area contributed by atoms with Crippen molar-refractivity contribution in [3.05, 3.63) is 35.6 Å². The van der Waals surface area contributed by atoms with Gasteiger partial charge in [-0.2, -0.15) is 0 Å². The second kappa shape index (κ2) is 5.38. The summed E-state index contributed by atoms with van der Waals surface area (Å²) < 4.78 is 13.2. The van der Waals surface area contributed by atoms with Crippen molar-refractivity contribution in [1.82, 2.24) is 5.32 Å². The molecule has 1 aliphatic heterocycles. The molecule has 102 valence electrons. The van der Waals surface area contributed by atoms with E-state index in [2.05, 4.69) is 10.5 Å². The van der Waals surface area contributed by atoms with E-state index in [1.165, 1.54) is 12.1 Å². The van der Waals surface area contributed by atoms with Crippen LogP contribution in [0.4, 0.5) is 4.39 Å². The highest BCUT2D eigenvalue weighted by atomic mass is 19.1. The van der Waals surface area contributed by atoms with Crippen molar-refractivity contribution < 1.29 is 14.0 Å². The Labute approximate surface area is 111 Å². The number of halogens is 1. The molecule has 1 heterocycles. The zero-order valence-corrected chi connectivity index (χ0v) is 11.1. The SMILES string of the molecule is CCCNC(=O)[C@]1(C)CC(c2cccc(F)c2)=NO1. The summed E-state index contributed by atoms with van der Waals surface area (Å²) in [6.07, 6.45) is 1.20. The molecule has 5 heteroatoms. The Balaban J connectivity index is 2.08. The number of carbonyl (C=O) groups excluding carboxylic acids is 1. The molecule has 1 atom stereocenters. The van der Waals surface area contributed by atoms with Gasteiger partial charge in [0.05, 0.1) is 5.71 Å². The van der Waals surface area contributed by atoms with Gasteiger partial charge in [-0.25, -0.2) is 4.39 Å². The van der Waals surface area contributed by atoms with E-state index in [9.17, 15) is 9.18 Å². The van der Waals surface area contributed by atoms with Gasteiger partial charge in [0.1, 0.15) is 5.82 Å². The smallest absolute Gasteiger partial charge is 0.267 e. The molecule has 1 amide bonds. The normalized spacial score (nSPS) is 21.7. The topological polar surface area (TPSA) is 50.7 Å². The minimum Gasteiger partial charge on any atom is -0.379 e. The summed E-state index contributed by atoms with van der Waals surface area (Å²) in [4.78, 5) is 17.2. The first kappa shape index (κ1) is 13.5. The Kier molecular flexibility index (Phi) is 3.83. The van der Waals surface area contributed by atoms with Crippen LogP contribution in [0.15, 0.2) is 29.4 Å². The third-order valence-corrected chi connectivity index (χ3v) is 3.04. The first-order valence-corrected chi connectivity index (χ1v) is 6.34. The van der Waals surface area contributed by atoms with Gasteiger partial charge < -0.3 is 10.2 Å². The van der Waals surface area contributed by atoms with Crippen molar-refractivity contribution in [2.75, 3.05) is 6.54 Å². The van der Waals surface area contributed by atoms with Gasteiger partial charge in [-0.3, -0.25) is 4.79 Å². The average molecular weight is 264 g/mol. The largest absolute Gasteiger partial charge is 0.379 e. The first-order valence-electron chi connectivity index (χ1n) is 6.34. The van der Waals surface area contributed by atoms with E-state index < -0.39 is 5.60 Å². The summed E-state index contributed by atoms with van der Waals surface area (Å²) in [5.41, 5.74) is 0.234. The number of hydrogen-bond donors (Lipinski definition) is 1. The maximum Gasteiger partial charge on any atom is 0.267 e. The molecule has 2 rings (SSSR count). The highest BCUT2D eigenvalue weighted by molar-refractivity contribution is 6.05. The van der Waals surface area contributed by atoms with E-state index in [0.29, 0.717) is 24.2 Å². The lowest BCUT2D eigenvalue weighted by atomic mass is 9.95. The maximum atomic E-state index is 13.2. The summed E-state index contributed by atoms with van der Waals surface area (Å²) in [5.74, 6) is -0.520. The molecule has 0 aromatic heterocycles. The molecule has 0 unspecified atom stereocenters.